The van der Waals surface area contributed by atoms with Crippen molar-refractivity contribution in [3.63, 3.8) is 0 Å². The molecule has 3 rings (SSSR count). The van der Waals surface area contributed by atoms with Crippen LogP contribution in [0.25, 0.3) is 5.57 Å². The fourth-order valence-corrected chi connectivity index (χ4v) is 6.19. The molecule has 1 amide bonds. The van der Waals surface area contributed by atoms with E-state index in [-0.39, 0.29) is 16.9 Å². The first-order valence-corrected chi connectivity index (χ1v) is 12.5. The van der Waals surface area contributed by atoms with E-state index in [4.69, 9.17) is 16.7 Å². The van der Waals surface area contributed by atoms with Crippen molar-refractivity contribution >= 4 is 39.1 Å². The van der Waals surface area contributed by atoms with Gasteiger partial charge < -0.3 is 10.4 Å². The van der Waals surface area contributed by atoms with Gasteiger partial charge in [-0.1, -0.05) is 48.0 Å². The van der Waals surface area contributed by atoms with Crippen LogP contribution in [-0.2, 0) is 19.6 Å². The van der Waals surface area contributed by atoms with Crippen LogP contribution in [0, 0.1) is 13.8 Å². The maximum Gasteiger partial charge on any atom is 0.322 e. The molecular weight excluding hydrogens is 476 g/mol. The van der Waals surface area contributed by atoms with Crippen molar-refractivity contribution in [3.05, 3.63) is 81.4 Å². The Morgan fingerprint density at radius 2 is 1.74 bits per heavy atom. The van der Waals surface area contributed by atoms with E-state index in [0.717, 1.165) is 11.1 Å². The third-order valence-corrected chi connectivity index (χ3v) is 7.90. The molecule has 2 aromatic carbocycles. The molecular formula is C25H27ClN2O5S. The van der Waals surface area contributed by atoms with Crippen LogP contribution in [0.3, 0.4) is 0 Å². The summed E-state index contributed by atoms with van der Waals surface area (Å²) in [5.74, 6) is -1.84. The number of rotatable bonds is 7. The van der Waals surface area contributed by atoms with Crippen LogP contribution in [0.1, 0.15) is 37.0 Å². The molecule has 0 heterocycles. The third kappa shape index (κ3) is 5.41. The Balaban J connectivity index is 2.11. The molecule has 3 N–H and O–H groups in total. The Morgan fingerprint density at radius 3 is 2.35 bits per heavy atom. The summed E-state index contributed by atoms with van der Waals surface area (Å²) in [4.78, 5) is 24.1. The summed E-state index contributed by atoms with van der Waals surface area (Å²) in [6, 6.07) is 12.6. The van der Waals surface area contributed by atoms with Crippen molar-refractivity contribution in [2.24, 2.45) is 0 Å². The van der Waals surface area contributed by atoms with Gasteiger partial charge in [0.1, 0.15) is 6.54 Å². The van der Waals surface area contributed by atoms with Crippen LogP contribution in [-0.4, -0.2) is 37.5 Å². The van der Waals surface area contributed by atoms with E-state index in [1.165, 1.54) is 6.07 Å². The minimum absolute atomic E-state index is 0.0642. The van der Waals surface area contributed by atoms with Gasteiger partial charge in [-0.05, 0) is 74.1 Å². The lowest BCUT2D eigenvalue weighted by atomic mass is 9.76. The molecule has 0 aromatic heterocycles. The summed E-state index contributed by atoms with van der Waals surface area (Å²) in [5, 5.41) is 11.8. The Bertz CT molecular complexity index is 1320. The highest BCUT2D eigenvalue weighted by molar-refractivity contribution is 7.89. The quantitative estimate of drug-likeness (QED) is 0.529. The zero-order chi connectivity index (χ0) is 25.3. The van der Waals surface area contributed by atoms with E-state index in [0.29, 0.717) is 21.7 Å². The largest absolute Gasteiger partial charge is 0.480 e. The molecule has 1 aliphatic carbocycles. The summed E-state index contributed by atoms with van der Waals surface area (Å²) in [6.45, 7) is 6.14. The average molecular weight is 503 g/mol. The van der Waals surface area contributed by atoms with E-state index in [2.05, 4.69) is 10.0 Å². The Labute approximate surface area is 204 Å². The topological polar surface area (TPSA) is 113 Å². The maximum absolute atomic E-state index is 13.6. The van der Waals surface area contributed by atoms with Crippen LogP contribution in [0.15, 0.2) is 64.6 Å². The van der Waals surface area contributed by atoms with Gasteiger partial charge >= 0.3 is 5.97 Å². The number of carboxylic acid groups (broad SMARTS) is 1. The van der Waals surface area contributed by atoms with Crippen molar-refractivity contribution in [3.8, 4) is 0 Å². The van der Waals surface area contributed by atoms with E-state index in [1.807, 2.05) is 36.4 Å². The number of aliphatic carboxylic acids is 1. The molecule has 1 aliphatic rings. The van der Waals surface area contributed by atoms with Gasteiger partial charge in [-0.3, -0.25) is 9.59 Å². The highest BCUT2D eigenvalue weighted by atomic mass is 35.5. The summed E-state index contributed by atoms with van der Waals surface area (Å²) in [5.41, 5.74) is 2.20. The zero-order valence-corrected chi connectivity index (χ0v) is 21.0. The summed E-state index contributed by atoms with van der Waals surface area (Å²) in [6.07, 6.45) is 2.02. The molecule has 0 fully saturated rings. The minimum atomic E-state index is -4.08. The van der Waals surface area contributed by atoms with Crippen LogP contribution >= 0.6 is 11.6 Å². The lowest BCUT2D eigenvalue weighted by molar-refractivity contribution is -0.137. The van der Waals surface area contributed by atoms with Gasteiger partial charge in [-0.15, -0.1) is 0 Å². The number of allylic oxidation sites excluding steroid dienone is 2. The normalized spacial score (nSPS) is 18.4. The summed E-state index contributed by atoms with van der Waals surface area (Å²) in [7, 11) is -4.08. The van der Waals surface area contributed by atoms with E-state index in [1.54, 1.807) is 33.8 Å². The smallest absolute Gasteiger partial charge is 0.322 e. The van der Waals surface area contributed by atoms with Gasteiger partial charge in [0.2, 0.25) is 15.9 Å². The SMILES string of the molecule is CC1=C(C(=O)NCC(=O)O)C(C)(NS(=O)(=O)c2cc(C)c(Cl)cc2C)CC(c2ccccc2)=C1. The minimum Gasteiger partial charge on any atom is -0.480 e. The number of hydrogen-bond acceptors (Lipinski definition) is 4. The molecule has 0 spiro atoms. The number of nitrogens with one attached hydrogen (secondary N) is 2. The number of amides is 1. The molecule has 34 heavy (non-hydrogen) atoms. The standard InChI is InChI=1S/C25H27ClN2O5S/c1-15-12-21(16(2)11-20(15)26)34(32,33)28-25(4)13-19(18-8-6-5-7-9-18)10-17(3)23(25)24(31)27-14-22(29)30/h5-12,28H,13-14H2,1-4H3,(H,27,31)(H,29,30). The first-order valence-electron chi connectivity index (χ1n) is 10.6. The van der Waals surface area contributed by atoms with Crippen molar-refractivity contribution in [2.75, 3.05) is 6.54 Å². The second kappa shape index (κ2) is 9.74. The predicted molar refractivity (Wildman–Crippen MR) is 132 cm³/mol. The Hall–Kier alpha value is -2.94. The van der Waals surface area contributed by atoms with E-state index in [9.17, 15) is 18.0 Å². The monoisotopic (exact) mass is 502 g/mol. The van der Waals surface area contributed by atoms with Gasteiger partial charge in [0.25, 0.3) is 0 Å². The maximum atomic E-state index is 13.6. The molecule has 9 heteroatoms. The molecule has 2 aromatic rings. The van der Waals surface area contributed by atoms with Crippen LogP contribution < -0.4 is 10.0 Å². The molecule has 180 valence electrons. The fraction of sp³-hybridized carbons (Fsp3) is 0.280. The number of carbonyl (C=O) groups excluding carboxylic acids is 1. The lowest BCUT2D eigenvalue weighted by Gasteiger charge is -2.37. The highest BCUT2D eigenvalue weighted by Crippen LogP contribution is 2.39. The lowest BCUT2D eigenvalue weighted by Crippen LogP contribution is -2.53. The van der Waals surface area contributed by atoms with Crippen LogP contribution in [0.2, 0.25) is 5.02 Å². The molecule has 0 aliphatic heterocycles. The van der Waals surface area contributed by atoms with Crippen LogP contribution in [0.5, 0.6) is 0 Å². The first-order chi connectivity index (χ1) is 15.8. The number of carbonyl (C=O) groups is 2. The number of benzene rings is 2. The summed E-state index contributed by atoms with van der Waals surface area (Å²) < 4.78 is 29.9. The summed E-state index contributed by atoms with van der Waals surface area (Å²) >= 11 is 6.16. The number of aryl methyl sites for hydroxylation is 2. The number of halogens is 1. The van der Waals surface area contributed by atoms with Gasteiger partial charge in [0.15, 0.2) is 0 Å². The second-order valence-electron chi connectivity index (χ2n) is 8.65. The second-order valence-corrected chi connectivity index (χ2v) is 10.7. The third-order valence-electron chi connectivity index (χ3n) is 5.76. The predicted octanol–water partition coefficient (Wildman–Crippen LogP) is 4.00. The molecule has 0 saturated heterocycles. The highest BCUT2D eigenvalue weighted by Gasteiger charge is 2.42. The van der Waals surface area contributed by atoms with Gasteiger partial charge in [-0.25, -0.2) is 13.1 Å². The Kier molecular flexibility index (Phi) is 7.35. The van der Waals surface area contributed by atoms with Gasteiger partial charge in [0, 0.05) is 10.6 Å². The molecule has 0 radical (unpaired) electrons. The molecule has 1 unspecified atom stereocenters. The number of carboxylic acids is 1. The fourth-order valence-electron chi connectivity index (χ4n) is 4.28. The van der Waals surface area contributed by atoms with Crippen molar-refractivity contribution in [1.82, 2.24) is 10.0 Å². The molecule has 1 atom stereocenters. The zero-order valence-electron chi connectivity index (χ0n) is 19.4. The molecule has 7 nitrogen and oxygen atoms in total. The number of sulfonamides is 1. The van der Waals surface area contributed by atoms with Crippen molar-refractivity contribution in [1.29, 1.82) is 0 Å². The first kappa shape index (κ1) is 25.7. The Morgan fingerprint density at radius 1 is 1.09 bits per heavy atom. The van der Waals surface area contributed by atoms with E-state index < -0.39 is 34.0 Å². The molecule has 0 saturated carbocycles. The number of hydrogen-bond donors (Lipinski definition) is 3. The van der Waals surface area contributed by atoms with Crippen LogP contribution in [0.4, 0.5) is 0 Å². The molecule has 0 bridgehead atoms. The van der Waals surface area contributed by atoms with Gasteiger partial charge in [-0.2, -0.15) is 0 Å². The van der Waals surface area contributed by atoms with Crippen molar-refractivity contribution in [2.45, 2.75) is 44.6 Å². The average Bonchev–Trinajstić information content (AvgIpc) is 2.74. The van der Waals surface area contributed by atoms with Gasteiger partial charge in [0.05, 0.1) is 10.4 Å². The van der Waals surface area contributed by atoms with E-state index >= 15 is 0 Å². The van der Waals surface area contributed by atoms with Crippen molar-refractivity contribution < 1.29 is 23.1 Å².